The van der Waals surface area contributed by atoms with Crippen LogP contribution in [0, 0.1) is 0 Å². The first-order valence-electron chi connectivity index (χ1n) is 3.96. The van der Waals surface area contributed by atoms with Crippen molar-refractivity contribution in [1.82, 2.24) is 4.90 Å². The fourth-order valence-corrected chi connectivity index (χ4v) is 2.63. The number of halogens is 5. The molecule has 0 aromatic rings. The van der Waals surface area contributed by atoms with E-state index in [1.54, 1.807) is 17.1 Å². The predicted octanol–water partition coefficient (Wildman–Crippen LogP) is 4.54. The number of nitrogens with zero attached hydrogens (tertiary/aromatic N) is 1. The van der Waals surface area contributed by atoms with Crippen LogP contribution in [0.2, 0.25) is 0 Å². The van der Waals surface area contributed by atoms with E-state index in [9.17, 15) is 4.39 Å². The smallest absolute Gasteiger partial charge is 0.142 e. The summed E-state index contributed by atoms with van der Waals surface area (Å²) in [6, 6.07) is 0. The van der Waals surface area contributed by atoms with E-state index in [4.69, 9.17) is 34.8 Å². The number of hydrogen-bond donors (Lipinski definition) is 0. The number of alkyl halides is 1. The van der Waals surface area contributed by atoms with Crippen molar-refractivity contribution < 1.29 is 4.39 Å². The molecule has 1 nitrogen and oxygen atoms in total. The summed E-state index contributed by atoms with van der Waals surface area (Å²) in [6.07, 6.45) is 4.54. The maximum absolute atomic E-state index is 13.4. The summed E-state index contributed by atoms with van der Waals surface area (Å²) in [4.78, 5) is 1.57. The van der Waals surface area contributed by atoms with Crippen molar-refractivity contribution in [3.63, 3.8) is 0 Å². The minimum Gasteiger partial charge on any atom is -0.310 e. The van der Waals surface area contributed by atoms with E-state index in [0.717, 1.165) is 0 Å². The molecule has 1 atom stereocenters. The van der Waals surface area contributed by atoms with Gasteiger partial charge < -0.3 is 4.90 Å². The fraction of sp³-hybridized carbons (Fsp3) is 0.111. The van der Waals surface area contributed by atoms with Crippen LogP contribution in [0.3, 0.4) is 0 Å². The molecule has 0 N–H and O–H groups in total. The Morgan fingerprint density at radius 3 is 2.67 bits per heavy atom. The second-order valence-corrected chi connectivity index (χ2v) is 5.00. The molecule has 2 aliphatic rings. The van der Waals surface area contributed by atoms with Gasteiger partial charge in [0.1, 0.15) is 16.5 Å². The zero-order chi connectivity index (χ0) is 11.2. The number of hydrogen-bond acceptors (Lipinski definition) is 1. The summed E-state index contributed by atoms with van der Waals surface area (Å²) < 4.78 is 13.5. The van der Waals surface area contributed by atoms with E-state index >= 15 is 0 Å². The lowest BCUT2D eigenvalue weighted by molar-refractivity contribution is 0.458. The molecule has 0 saturated heterocycles. The van der Waals surface area contributed by atoms with Gasteiger partial charge in [-0.2, -0.15) is 0 Å². The molecule has 80 valence electrons. The van der Waals surface area contributed by atoms with Crippen molar-refractivity contribution in [3.8, 4) is 0 Å². The van der Waals surface area contributed by atoms with Gasteiger partial charge in [0.2, 0.25) is 0 Å². The average Bonchev–Trinajstić information content (AvgIpc) is 2.13. The van der Waals surface area contributed by atoms with E-state index < -0.39 is 11.3 Å². The van der Waals surface area contributed by atoms with E-state index in [1.165, 1.54) is 6.08 Å². The molecule has 2 rings (SSSR count). The van der Waals surface area contributed by atoms with Crippen LogP contribution in [-0.2, 0) is 0 Å². The molecule has 0 aromatic carbocycles. The van der Waals surface area contributed by atoms with Gasteiger partial charge in [-0.3, -0.25) is 0 Å². The highest BCUT2D eigenvalue weighted by Gasteiger charge is 2.29. The lowest BCUT2D eigenvalue weighted by atomic mass is 10.2. The first kappa shape index (κ1) is 11.5. The minimum atomic E-state index is -0.512. The summed E-state index contributed by atoms with van der Waals surface area (Å²) in [6.45, 7) is 0. The van der Waals surface area contributed by atoms with Crippen molar-refractivity contribution in [2.45, 2.75) is 5.50 Å². The van der Waals surface area contributed by atoms with Crippen LogP contribution in [0.25, 0.3) is 0 Å². The SMILES string of the molecule is FC1=CC2=CC(Cl)=CC(Cl)N2C(Cl)=C1Br. The third kappa shape index (κ3) is 1.98. The van der Waals surface area contributed by atoms with Crippen molar-refractivity contribution in [1.29, 1.82) is 0 Å². The van der Waals surface area contributed by atoms with Crippen LogP contribution in [0.5, 0.6) is 0 Å². The molecular weight excluding hydrogens is 327 g/mol. The highest BCUT2D eigenvalue weighted by Crippen LogP contribution is 2.40. The second kappa shape index (κ2) is 4.13. The first-order chi connectivity index (χ1) is 7.00. The monoisotopic (exact) mass is 329 g/mol. The van der Waals surface area contributed by atoms with Gasteiger partial charge in [0.25, 0.3) is 0 Å². The molecule has 0 spiro atoms. The average molecular weight is 331 g/mol. The highest BCUT2D eigenvalue weighted by molar-refractivity contribution is 9.12. The van der Waals surface area contributed by atoms with E-state index in [-0.39, 0.29) is 9.64 Å². The van der Waals surface area contributed by atoms with Crippen LogP contribution in [0.4, 0.5) is 4.39 Å². The molecule has 0 aromatic heterocycles. The molecule has 0 fully saturated rings. The van der Waals surface area contributed by atoms with Gasteiger partial charge in [0, 0.05) is 10.7 Å². The Labute approximate surface area is 110 Å². The Bertz CT molecular complexity index is 439. The van der Waals surface area contributed by atoms with Gasteiger partial charge in [0.15, 0.2) is 0 Å². The third-order valence-corrected chi connectivity index (χ3v) is 3.89. The maximum Gasteiger partial charge on any atom is 0.142 e. The summed E-state index contributed by atoms with van der Waals surface area (Å²) in [7, 11) is 0. The largest absolute Gasteiger partial charge is 0.310 e. The van der Waals surface area contributed by atoms with Gasteiger partial charge in [-0.25, -0.2) is 4.39 Å². The van der Waals surface area contributed by atoms with Gasteiger partial charge in [-0.15, -0.1) is 0 Å². The number of fused-ring (bicyclic) bond motifs is 1. The summed E-state index contributed by atoms with van der Waals surface area (Å²) >= 11 is 20.8. The normalized spacial score (nSPS) is 25.8. The molecule has 15 heavy (non-hydrogen) atoms. The zero-order valence-corrected chi connectivity index (χ0v) is 11.0. The van der Waals surface area contributed by atoms with E-state index in [0.29, 0.717) is 10.7 Å². The summed E-state index contributed by atoms with van der Waals surface area (Å²) in [5.41, 5.74) is 0.0232. The summed E-state index contributed by atoms with van der Waals surface area (Å²) in [5, 5.41) is 0.675. The lowest BCUT2D eigenvalue weighted by Crippen LogP contribution is -2.30. The summed E-state index contributed by atoms with van der Waals surface area (Å²) in [5.74, 6) is -0.447. The Kier molecular flexibility index (Phi) is 3.17. The van der Waals surface area contributed by atoms with Crippen molar-refractivity contribution >= 4 is 50.7 Å². The van der Waals surface area contributed by atoms with E-state index in [2.05, 4.69) is 15.9 Å². The zero-order valence-electron chi connectivity index (χ0n) is 7.15. The fourth-order valence-electron chi connectivity index (χ4n) is 1.34. The number of rotatable bonds is 0. The molecule has 0 aliphatic carbocycles. The van der Waals surface area contributed by atoms with Crippen LogP contribution in [0.1, 0.15) is 0 Å². The van der Waals surface area contributed by atoms with Crippen LogP contribution < -0.4 is 0 Å². The molecule has 0 saturated carbocycles. The number of allylic oxidation sites excluding steroid dienone is 5. The molecule has 2 heterocycles. The lowest BCUT2D eigenvalue weighted by Gasteiger charge is -2.33. The van der Waals surface area contributed by atoms with Crippen LogP contribution in [0.15, 0.2) is 44.4 Å². The van der Waals surface area contributed by atoms with Crippen molar-refractivity contribution in [2.24, 2.45) is 0 Å². The molecule has 0 bridgehead atoms. The van der Waals surface area contributed by atoms with E-state index in [1.807, 2.05) is 0 Å². The minimum absolute atomic E-state index is 0.193. The molecule has 2 aliphatic heterocycles. The Hall–Kier alpha value is 0.0400. The van der Waals surface area contributed by atoms with Crippen molar-refractivity contribution in [2.75, 3.05) is 0 Å². The van der Waals surface area contributed by atoms with Gasteiger partial charge in [-0.1, -0.05) is 34.8 Å². The predicted molar refractivity (Wildman–Crippen MR) is 64.5 cm³/mol. The Morgan fingerprint density at radius 1 is 1.33 bits per heavy atom. The van der Waals surface area contributed by atoms with Crippen LogP contribution in [-0.4, -0.2) is 10.4 Å². The molecule has 0 amide bonds. The Morgan fingerprint density at radius 2 is 2.00 bits per heavy atom. The molecule has 6 heteroatoms. The topological polar surface area (TPSA) is 3.24 Å². The maximum atomic E-state index is 13.4. The third-order valence-electron chi connectivity index (χ3n) is 1.98. The van der Waals surface area contributed by atoms with Crippen LogP contribution >= 0.6 is 50.7 Å². The quantitative estimate of drug-likeness (QED) is 0.465. The highest BCUT2D eigenvalue weighted by atomic mass is 79.9. The van der Waals surface area contributed by atoms with Crippen molar-refractivity contribution in [3.05, 3.63) is 44.4 Å². The Balaban J connectivity index is 2.52. The van der Waals surface area contributed by atoms with Gasteiger partial charge >= 0.3 is 0 Å². The second-order valence-electron chi connectivity index (χ2n) is 2.96. The first-order valence-corrected chi connectivity index (χ1v) is 5.94. The molecule has 1 unspecified atom stereocenters. The molecule has 0 radical (unpaired) electrons. The molecular formula is C9H4BrCl3FN. The van der Waals surface area contributed by atoms with Gasteiger partial charge in [-0.05, 0) is 34.2 Å². The standard InChI is InChI=1S/C9H4BrCl3FN/c10-8-6(14)3-5-1-4(11)2-7(12)15(5)9(8)13/h1-3,7H. The van der Waals surface area contributed by atoms with Gasteiger partial charge in [0.05, 0.1) is 4.48 Å².